The van der Waals surface area contributed by atoms with E-state index in [-0.39, 0.29) is 12.3 Å². The average Bonchev–Trinajstić information content (AvgIpc) is 2.82. The summed E-state index contributed by atoms with van der Waals surface area (Å²) in [5.74, 6) is -0.692. The van der Waals surface area contributed by atoms with Gasteiger partial charge in [0.15, 0.2) is 0 Å². The molecule has 0 aliphatic carbocycles. The number of carboxylic acid groups (broad SMARTS) is 1. The molecule has 2 rings (SSSR count). The van der Waals surface area contributed by atoms with E-state index in [1.807, 2.05) is 0 Å². The zero-order valence-electron chi connectivity index (χ0n) is 9.46. The fraction of sp³-hybridized carbons (Fsp3) is 0.500. The maximum absolute atomic E-state index is 11.9. The van der Waals surface area contributed by atoms with E-state index >= 15 is 0 Å². The number of carboxylic acids is 1. The normalized spacial score (nSPS) is 20.2. The highest BCUT2D eigenvalue weighted by Gasteiger charge is 2.28. The Hall–Kier alpha value is -1.78. The fourth-order valence-electron chi connectivity index (χ4n) is 2.08. The van der Waals surface area contributed by atoms with Gasteiger partial charge in [0.2, 0.25) is 5.91 Å². The van der Waals surface area contributed by atoms with Crippen LogP contribution in [0, 0.1) is 5.92 Å². The molecule has 1 aromatic heterocycles. The molecule has 0 aromatic carbocycles. The van der Waals surface area contributed by atoms with Gasteiger partial charge in [0.05, 0.1) is 18.6 Å². The number of carbonyl (C=O) groups excluding carboxylic acids is 1. The van der Waals surface area contributed by atoms with Crippen molar-refractivity contribution in [3.05, 3.63) is 24.2 Å². The molecule has 0 spiro atoms. The van der Waals surface area contributed by atoms with E-state index < -0.39 is 11.9 Å². The van der Waals surface area contributed by atoms with Crippen LogP contribution in [-0.4, -0.2) is 35.0 Å². The summed E-state index contributed by atoms with van der Waals surface area (Å²) in [5.41, 5.74) is 0. The highest BCUT2D eigenvalue weighted by Crippen LogP contribution is 2.17. The van der Waals surface area contributed by atoms with E-state index in [1.165, 1.54) is 6.26 Å². The SMILES string of the molecule is O=C(O)C1CCCN(C(=O)Cc2ccco2)C1. The Kier molecular flexibility index (Phi) is 3.46. The highest BCUT2D eigenvalue weighted by molar-refractivity contribution is 5.79. The van der Waals surface area contributed by atoms with Crippen molar-refractivity contribution in [2.24, 2.45) is 5.92 Å². The van der Waals surface area contributed by atoms with Crippen molar-refractivity contribution in [2.45, 2.75) is 19.3 Å². The van der Waals surface area contributed by atoms with E-state index in [0.717, 1.165) is 6.42 Å². The van der Waals surface area contributed by atoms with Gasteiger partial charge in [-0.1, -0.05) is 0 Å². The number of hydrogen-bond donors (Lipinski definition) is 1. The predicted molar refractivity (Wildman–Crippen MR) is 59.4 cm³/mol. The Balaban J connectivity index is 1.93. The van der Waals surface area contributed by atoms with E-state index in [4.69, 9.17) is 9.52 Å². The lowest BCUT2D eigenvalue weighted by atomic mass is 9.98. The molecule has 0 saturated carbocycles. The maximum atomic E-state index is 11.9. The summed E-state index contributed by atoms with van der Waals surface area (Å²) in [5, 5.41) is 8.94. The molecule has 1 fully saturated rings. The van der Waals surface area contributed by atoms with Gasteiger partial charge >= 0.3 is 5.97 Å². The minimum absolute atomic E-state index is 0.0640. The number of aliphatic carboxylic acids is 1. The molecular formula is C12H15NO4. The first-order valence-electron chi connectivity index (χ1n) is 5.70. The van der Waals surface area contributed by atoms with Crippen LogP contribution in [0.3, 0.4) is 0 Å². The van der Waals surface area contributed by atoms with Gasteiger partial charge in [0.1, 0.15) is 5.76 Å². The number of nitrogens with zero attached hydrogens (tertiary/aromatic N) is 1. The summed E-state index contributed by atoms with van der Waals surface area (Å²) in [4.78, 5) is 24.4. The van der Waals surface area contributed by atoms with E-state index in [0.29, 0.717) is 25.3 Å². The average molecular weight is 237 g/mol. The Morgan fingerprint density at radius 1 is 1.53 bits per heavy atom. The molecule has 1 unspecified atom stereocenters. The molecule has 1 aliphatic rings. The van der Waals surface area contributed by atoms with E-state index in [9.17, 15) is 9.59 Å². The largest absolute Gasteiger partial charge is 0.481 e. The van der Waals surface area contributed by atoms with Crippen molar-refractivity contribution in [1.82, 2.24) is 4.90 Å². The second-order valence-electron chi connectivity index (χ2n) is 4.27. The minimum Gasteiger partial charge on any atom is -0.481 e. The quantitative estimate of drug-likeness (QED) is 0.855. The molecule has 5 nitrogen and oxygen atoms in total. The molecular weight excluding hydrogens is 222 g/mol. The van der Waals surface area contributed by atoms with Gasteiger partial charge in [0.25, 0.3) is 0 Å². The highest BCUT2D eigenvalue weighted by atomic mass is 16.4. The predicted octanol–water partition coefficient (Wildman–Crippen LogP) is 1.15. The third-order valence-corrected chi connectivity index (χ3v) is 3.03. The Morgan fingerprint density at radius 2 is 2.35 bits per heavy atom. The van der Waals surface area contributed by atoms with Crippen molar-refractivity contribution in [2.75, 3.05) is 13.1 Å². The van der Waals surface area contributed by atoms with E-state index in [2.05, 4.69) is 0 Å². The summed E-state index contributed by atoms with van der Waals surface area (Å²) < 4.78 is 5.11. The lowest BCUT2D eigenvalue weighted by Crippen LogP contribution is -2.42. The first kappa shape index (κ1) is 11.7. The zero-order valence-corrected chi connectivity index (χ0v) is 9.46. The molecule has 1 aromatic rings. The Bertz CT molecular complexity index is 399. The summed E-state index contributed by atoms with van der Waals surface area (Å²) in [7, 11) is 0. The third-order valence-electron chi connectivity index (χ3n) is 3.03. The number of rotatable bonds is 3. The van der Waals surface area contributed by atoms with Crippen LogP contribution >= 0.6 is 0 Å². The molecule has 0 radical (unpaired) electrons. The number of hydrogen-bond acceptors (Lipinski definition) is 3. The zero-order chi connectivity index (χ0) is 12.3. The Labute approximate surface area is 99.0 Å². The van der Waals surface area contributed by atoms with Gasteiger partial charge in [-0.05, 0) is 25.0 Å². The molecule has 5 heteroatoms. The molecule has 1 atom stereocenters. The van der Waals surface area contributed by atoms with Crippen LogP contribution in [0.25, 0.3) is 0 Å². The molecule has 92 valence electrons. The first-order valence-corrected chi connectivity index (χ1v) is 5.70. The van der Waals surface area contributed by atoms with Crippen LogP contribution < -0.4 is 0 Å². The van der Waals surface area contributed by atoms with Gasteiger partial charge in [-0.25, -0.2) is 0 Å². The van der Waals surface area contributed by atoms with Gasteiger partial charge < -0.3 is 14.4 Å². The summed E-state index contributed by atoms with van der Waals surface area (Å²) in [6, 6.07) is 3.48. The molecule has 2 heterocycles. The molecule has 0 bridgehead atoms. The molecule has 1 N–H and O–H groups in total. The molecule has 1 aliphatic heterocycles. The molecule has 1 amide bonds. The topological polar surface area (TPSA) is 70.8 Å². The van der Waals surface area contributed by atoms with Crippen LogP contribution in [0.15, 0.2) is 22.8 Å². The second-order valence-corrected chi connectivity index (χ2v) is 4.27. The first-order chi connectivity index (χ1) is 8.16. The Morgan fingerprint density at radius 3 is 3.00 bits per heavy atom. The van der Waals surface area contributed by atoms with Crippen molar-refractivity contribution in [1.29, 1.82) is 0 Å². The molecule has 1 saturated heterocycles. The van der Waals surface area contributed by atoms with Crippen LogP contribution in [-0.2, 0) is 16.0 Å². The third kappa shape index (κ3) is 2.87. The van der Waals surface area contributed by atoms with Crippen LogP contribution in [0.1, 0.15) is 18.6 Å². The van der Waals surface area contributed by atoms with Crippen molar-refractivity contribution < 1.29 is 19.1 Å². The lowest BCUT2D eigenvalue weighted by Gasteiger charge is -2.30. The summed E-state index contributed by atoms with van der Waals surface area (Å²) >= 11 is 0. The minimum atomic E-state index is -0.819. The standard InChI is InChI=1S/C12H15NO4/c14-11(7-10-4-2-6-17-10)13-5-1-3-9(8-13)12(15)16/h2,4,6,9H,1,3,5,7-8H2,(H,15,16). The fourth-order valence-corrected chi connectivity index (χ4v) is 2.08. The van der Waals surface area contributed by atoms with Crippen molar-refractivity contribution in [3.63, 3.8) is 0 Å². The molecule has 17 heavy (non-hydrogen) atoms. The summed E-state index contributed by atoms with van der Waals surface area (Å²) in [6.07, 6.45) is 3.14. The van der Waals surface area contributed by atoms with E-state index in [1.54, 1.807) is 17.0 Å². The number of carbonyl (C=O) groups is 2. The van der Waals surface area contributed by atoms with Crippen LogP contribution in [0.2, 0.25) is 0 Å². The van der Waals surface area contributed by atoms with Crippen LogP contribution in [0.5, 0.6) is 0 Å². The van der Waals surface area contributed by atoms with Gasteiger partial charge in [-0.15, -0.1) is 0 Å². The number of amides is 1. The van der Waals surface area contributed by atoms with Crippen molar-refractivity contribution >= 4 is 11.9 Å². The number of furan rings is 1. The number of likely N-dealkylation sites (tertiary alicyclic amines) is 1. The smallest absolute Gasteiger partial charge is 0.308 e. The second kappa shape index (κ2) is 5.03. The monoisotopic (exact) mass is 237 g/mol. The summed E-state index contributed by atoms with van der Waals surface area (Å²) in [6.45, 7) is 0.957. The van der Waals surface area contributed by atoms with Crippen molar-refractivity contribution in [3.8, 4) is 0 Å². The van der Waals surface area contributed by atoms with Gasteiger partial charge in [-0.3, -0.25) is 9.59 Å². The van der Waals surface area contributed by atoms with Gasteiger partial charge in [-0.2, -0.15) is 0 Å². The maximum Gasteiger partial charge on any atom is 0.308 e. The lowest BCUT2D eigenvalue weighted by molar-refractivity contribution is -0.145. The van der Waals surface area contributed by atoms with Crippen LogP contribution in [0.4, 0.5) is 0 Å². The van der Waals surface area contributed by atoms with Gasteiger partial charge in [0, 0.05) is 13.1 Å². The number of piperidine rings is 1.